The van der Waals surface area contributed by atoms with E-state index in [1.807, 2.05) is 0 Å². The van der Waals surface area contributed by atoms with E-state index in [0.29, 0.717) is 16.8 Å². The van der Waals surface area contributed by atoms with E-state index in [9.17, 15) is 14.0 Å². The van der Waals surface area contributed by atoms with Crippen molar-refractivity contribution in [2.45, 2.75) is 13.0 Å². The molecule has 0 heterocycles. The topological polar surface area (TPSA) is 66.8 Å². The average Bonchev–Trinajstić information content (AvgIpc) is 2.60. The molecule has 2 aromatic rings. The summed E-state index contributed by atoms with van der Waals surface area (Å²) < 4.78 is 18.2. The number of nitrogens with zero attached hydrogens (tertiary/aromatic N) is 1. The molecule has 132 valence electrons. The van der Waals surface area contributed by atoms with Crippen molar-refractivity contribution in [2.24, 2.45) is 0 Å². The molecule has 2 rings (SSSR count). The largest absolute Gasteiger partial charge is 0.481 e. The number of hydrogen-bond acceptors (Lipinski definition) is 4. The highest BCUT2D eigenvalue weighted by molar-refractivity contribution is 6.31. The number of carbonyl (C=O) groups is 2. The number of ether oxygens (including phenoxy) is 1. The Morgan fingerprint density at radius 1 is 1.24 bits per heavy atom. The third-order valence-electron chi connectivity index (χ3n) is 3.65. The van der Waals surface area contributed by atoms with Crippen LogP contribution in [0.2, 0.25) is 5.02 Å². The van der Waals surface area contributed by atoms with Gasteiger partial charge in [-0.25, -0.2) is 9.18 Å². The third kappa shape index (κ3) is 4.93. The van der Waals surface area contributed by atoms with Crippen molar-refractivity contribution in [1.82, 2.24) is 0 Å². The number of rotatable bonds is 7. The zero-order valence-corrected chi connectivity index (χ0v) is 14.3. The van der Waals surface area contributed by atoms with E-state index >= 15 is 0 Å². The SMILES string of the molecule is COC(=O)c1ccccc1CN(CCC(=O)O)c1ccc(F)c(Cl)c1. The van der Waals surface area contributed by atoms with Crippen molar-refractivity contribution < 1.29 is 23.8 Å². The molecule has 0 spiro atoms. The van der Waals surface area contributed by atoms with Gasteiger partial charge in [-0.2, -0.15) is 0 Å². The Kier molecular flexibility index (Phi) is 6.36. The van der Waals surface area contributed by atoms with Gasteiger partial charge in [-0.3, -0.25) is 4.79 Å². The minimum absolute atomic E-state index is 0.0564. The fourth-order valence-corrected chi connectivity index (χ4v) is 2.56. The first-order valence-electron chi connectivity index (χ1n) is 7.50. The molecule has 0 saturated carbocycles. The molecule has 7 heteroatoms. The zero-order valence-electron chi connectivity index (χ0n) is 13.5. The lowest BCUT2D eigenvalue weighted by Crippen LogP contribution is -2.26. The van der Waals surface area contributed by atoms with Crippen molar-refractivity contribution in [3.8, 4) is 0 Å². The number of anilines is 1. The van der Waals surface area contributed by atoms with Gasteiger partial charge in [0.1, 0.15) is 5.82 Å². The first kappa shape index (κ1) is 18.7. The third-order valence-corrected chi connectivity index (χ3v) is 3.94. The number of carbonyl (C=O) groups excluding carboxylic acids is 1. The highest BCUT2D eigenvalue weighted by atomic mass is 35.5. The van der Waals surface area contributed by atoms with E-state index in [4.69, 9.17) is 21.4 Å². The fourth-order valence-electron chi connectivity index (χ4n) is 2.38. The van der Waals surface area contributed by atoms with E-state index in [0.717, 1.165) is 0 Å². The summed E-state index contributed by atoms with van der Waals surface area (Å²) in [6.45, 7) is 0.424. The van der Waals surface area contributed by atoms with E-state index in [2.05, 4.69) is 0 Å². The van der Waals surface area contributed by atoms with Crippen LogP contribution in [0.15, 0.2) is 42.5 Å². The Bertz CT molecular complexity index is 781. The van der Waals surface area contributed by atoms with Crippen LogP contribution in [-0.2, 0) is 16.1 Å². The van der Waals surface area contributed by atoms with Crippen molar-refractivity contribution in [2.75, 3.05) is 18.6 Å². The van der Waals surface area contributed by atoms with Crippen molar-refractivity contribution in [3.63, 3.8) is 0 Å². The molecule has 0 fully saturated rings. The highest BCUT2D eigenvalue weighted by Crippen LogP contribution is 2.25. The van der Waals surface area contributed by atoms with Crippen LogP contribution < -0.4 is 4.90 Å². The Labute approximate surface area is 149 Å². The molecule has 5 nitrogen and oxygen atoms in total. The van der Waals surface area contributed by atoms with Gasteiger partial charge in [0.15, 0.2) is 0 Å². The predicted molar refractivity (Wildman–Crippen MR) is 92.5 cm³/mol. The maximum atomic E-state index is 13.4. The Hall–Kier alpha value is -2.60. The molecule has 0 bridgehead atoms. The van der Waals surface area contributed by atoms with Gasteiger partial charge >= 0.3 is 11.9 Å². The summed E-state index contributed by atoms with van der Waals surface area (Å²) in [5.74, 6) is -2.00. The van der Waals surface area contributed by atoms with Gasteiger partial charge in [0.2, 0.25) is 0 Å². The van der Waals surface area contributed by atoms with Gasteiger partial charge in [-0.05, 0) is 29.8 Å². The molecule has 0 aliphatic carbocycles. The molecular weight excluding hydrogens is 349 g/mol. The van der Waals surface area contributed by atoms with E-state index in [-0.39, 0.29) is 24.5 Å². The molecule has 0 atom stereocenters. The minimum atomic E-state index is -0.959. The number of carboxylic acid groups (broad SMARTS) is 1. The van der Waals surface area contributed by atoms with Gasteiger partial charge in [0.25, 0.3) is 0 Å². The molecule has 0 radical (unpaired) electrons. The molecular formula is C18H17ClFNO4. The van der Waals surface area contributed by atoms with Gasteiger partial charge in [-0.1, -0.05) is 29.8 Å². The van der Waals surface area contributed by atoms with Crippen LogP contribution in [-0.4, -0.2) is 30.7 Å². The lowest BCUT2D eigenvalue weighted by atomic mass is 10.1. The average molecular weight is 366 g/mol. The number of methoxy groups -OCH3 is 1. The summed E-state index contributed by atoms with van der Waals surface area (Å²) >= 11 is 5.84. The number of carboxylic acids is 1. The molecule has 0 aliphatic rings. The predicted octanol–water partition coefficient (Wildman–Crippen LogP) is 3.75. The van der Waals surface area contributed by atoms with Gasteiger partial charge in [-0.15, -0.1) is 0 Å². The molecule has 0 aliphatic heterocycles. The van der Waals surface area contributed by atoms with Crippen molar-refractivity contribution in [3.05, 3.63) is 64.4 Å². The second-order valence-corrected chi connectivity index (χ2v) is 5.72. The Balaban J connectivity index is 2.35. The summed E-state index contributed by atoms with van der Waals surface area (Å²) in [7, 11) is 1.29. The normalized spacial score (nSPS) is 10.4. The fraction of sp³-hybridized carbons (Fsp3) is 0.222. The molecule has 0 saturated heterocycles. The van der Waals surface area contributed by atoms with E-state index in [1.165, 1.54) is 25.3 Å². The Morgan fingerprint density at radius 3 is 2.60 bits per heavy atom. The summed E-state index contributed by atoms with van der Waals surface area (Å²) in [5.41, 5.74) is 1.62. The molecule has 1 N–H and O–H groups in total. The second-order valence-electron chi connectivity index (χ2n) is 5.31. The highest BCUT2D eigenvalue weighted by Gasteiger charge is 2.16. The van der Waals surface area contributed by atoms with Crippen LogP contribution in [0.25, 0.3) is 0 Å². The second kappa shape index (κ2) is 8.48. The van der Waals surface area contributed by atoms with Crippen LogP contribution in [0.4, 0.5) is 10.1 Å². The maximum absolute atomic E-state index is 13.4. The van der Waals surface area contributed by atoms with E-state index in [1.54, 1.807) is 29.2 Å². The van der Waals surface area contributed by atoms with Crippen molar-refractivity contribution in [1.29, 1.82) is 0 Å². The summed E-state index contributed by atoms with van der Waals surface area (Å²) in [6.07, 6.45) is -0.116. The monoisotopic (exact) mass is 365 g/mol. The van der Waals surface area contributed by atoms with Crippen LogP contribution >= 0.6 is 11.6 Å². The summed E-state index contributed by atoms with van der Waals surface area (Å²) in [5, 5.41) is 8.91. The zero-order chi connectivity index (χ0) is 18.4. The molecule has 25 heavy (non-hydrogen) atoms. The maximum Gasteiger partial charge on any atom is 0.338 e. The Morgan fingerprint density at radius 2 is 1.96 bits per heavy atom. The standard InChI is InChI=1S/C18H17ClFNO4/c1-25-18(24)14-5-3-2-4-12(14)11-21(9-8-17(22)23)13-6-7-16(20)15(19)10-13/h2-7,10H,8-9,11H2,1H3,(H,22,23). The van der Waals surface area contributed by atoms with Gasteiger partial charge in [0, 0.05) is 18.8 Å². The lowest BCUT2D eigenvalue weighted by molar-refractivity contribution is -0.136. The first-order chi connectivity index (χ1) is 11.9. The van der Waals surface area contributed by atoms with Crippen molar-refractivity contribution >= 4 is 29.2 Å². The first-order valence-corrected chi connectivity index (χ1v) is 7.88. The minimum Gasteiger partial charge on any atom is -0.481 e. The lowest BCUT2D eigenvalue weighted by Gasteiger charge is -2.25. The number of benzene rings is 2. The smallest absolute Gasteiger partial charge is 0.338 e. The van der Waals surface area contributed by atoms with Gasteiger partial charge in [0.05, 0.1) is 24.1 Å². The summed E-state index contributed by atoms with van der Waals surface area (Å²) in [4.78, 5) is 24.6. The van der Waals surface area contributed by atoms with Crippen LogP contribution in [0.1, 0.15) is 22.3 Å². The van der Waals surface area contributed by atoms with E-state index < -0.39 is 17.8 Å². The van der Waals surface area contributed by atoms with Gasteiger partial charge < -0.3 is 14.7 Å². The molecule has 2 aromatic carbocycles. The molecule has 0 amide bonds. The number of halogens is 2. The van der Waals surface area contributed by atoms with Crippen LogP contribution in [0.3, 0.4) is 0 Å². The summed E-state index contributed by atoms with van der Waals surface area (Å²) in [6, 6.07) is 11.0. The molecule has 0 unspecified atom stereocenters. The quantitative estimate of drug-likeness (QED) is 0.757. The number of hydrogen-bond donors (Lipinski definition) is 1. The van der Waals surface area contributed by atoms with Crippen LogP contribution in [0.5, 0.6) is 0 Å². The molecule has 0 aromatic heterocycles. The van der Waals surface area contributed by atoms with Crippen LogP contribution in [0, 0.1) is 5.82 Å². The number of aliphatic carboxylic acids is 1. The number of esters is 1.